The number of ketones is 1. The summed E-state index contributed by atoms with van der Waals surface area (Å²) in [5.74, 6) is 2.32. The second-order valence-electron chi connectivity index (χ2n) is 8.63. The zero-order valence-electron chi connectivity index (χ0n) is 13.4. The predicted octanol–water partition coefficient (Wildman–Crippen LogP) is 3.88. The van der Waals surface area contributed by atoms with Gasteiger partial charge < -0.3 is 5.11 Å². The van der Waals surface area contributed by atoms with E-state index in [1.54, 1.807) is 5.57 Å². The zero-order valence-corrected chi connectivity index (χ0v) is 13.4. The SMILES string of the molecule is C[C@]12CCC(=O)CC1CC=C1[C@@H]2CC[C@]2(C)C(O)CC[C@@H]12. The van der Waals surface area contributed by atoms with Crippen molar-refractivity contribution in [3.05, 3.63) is 11.6 Å². The Morgan fingerprint density at radius 3 is 2.67 bits per heavy atom. The smallest absolute Gasteiger partial charge is 0.133 e. The first kappa shape index (κ1) is 14.0. The van der Waals surface area contributed by atoms with Crippen molar-refractivity contribution in [2.24, 2.45) is 28.6 Å². The van der Waals surface area contributed by atoms with Gasteiger partial charge in [0.2, 0.25) is 0 Å². The second kappa shape index (κ2) is 4.44. The van der Waals surface area contributed by atoms with Crippen LogP contribution in [0.3, 0.4) is 0 Å². The van der Waals surface area contributed by atoms with Crippen LogP contribution in [0.2, 0.25) is 0 Å². The average Bonchev–Trinajstić information content (AvgIpc) is 2.76. The van der Waals surface area contributed by atoms with Crippen molar-refractivity contribution in [2.45, 2.75) is 71.3 Å². The van der Waals surface area contributed by atoms with Crippen LogP contribution in [0.1, 0.15) is 65.2 Å². The van der Waals surface area contributed by atoms with Gasteiger partial charge in [0, 0.05) is 18.3 Å². The second-order valence-corrected chi connectivity index (χ2v) is 8.63. The molecule has 0 saturated heterocycles. The van der Waals surface area contributed by atoms with E-state index in [-0.39, 0.29) is 11.5 Å². The molecule has 0 spiro atoms. The maximum absolute atomic E-state index is 11.8. The fourth-order valence-electron chi connectivity index (χ4n) is 6.28. The normalized spacial score (nSPS) is 52.7. The minimum atomic E-state index is -0.109. The van der Waals surface area contributed by atoms with Gasteiger partial charge in [-0.1, -0.05) is 25.5 Å². The van der Waals surface area contributed by atoms with Crippen molar-refractivity contribution in [3.8, 4) is 0 Å². The maximum Gasteiger partial charge on any atom is 0.133 e. The number of hydrogen-bond donors (Lipinski definition) is 1. The lowest BCUT2D eigenvalue weighted by molar-refractivity contribution is -0.127. The molecule has 1 N–H and O–H groups in total. The minimum absolute atomic E-state index is 0.109. The summed E-state index contributed by atoms with van der Waals surface area (Å²) >= 11 is 0. The van der Waals surface area contributed by atoms with Crippen LogP contribution in [-0.2, 0) is 4.79 Å². The van der Waals surface area contributed by atoms with Gasteiger partial charge >= 0.3 is 0 Å². The number of Topliss-reactive ketones (excluding diaryl/α,β-unsaturated/α-hetero) is 1. The Kier molecular flexibility index (Phi) is 2.96. The van der Waals surface area contributed by atoms with Gasteiger partial charge in [-0.2, -0.15) is 0 Å². The number of fused-ring (bicyclic) bond motifs is 5. The molecule has 0 aromatic rings. The number of aliphatic hydroxyl groups excluding tert-OH is 1. The summed E-state index contributed by atoms with van der Waals surface area (Å²) in [4.78, 5) is 11.8. The fraction of sp³-hybridized carbons (Fsp3) is 0.842. The lowest BCUT2D eigenvalue weighted by atomic mass is 9.48. The molecule has 4 rings (SSSR count). The molecule has 0 aliphatic heterocycles. The summed E-state index contributed by atoms with van der Waals surface area (Å²) in [5.41, 5.74) is 2.12. The number of rotatable bonds is 0. The third kappa shape index (κ3) is 1.78. The molecule has 4 aliphatic rings. The van der Waals surface area contributed by atoms with E-state index >= 15 is 0 Å². The van der Waals surface area contributed by atoms with Gasteiger partial charge in [-0.15, -0.1) is 0 Å². The molecule has 0 aromatic carbocycles. The Hall–Kier alpha value is -0.630. The Bertz CT molecular complexity index is 508. The first-order valence-corrected chi connectivity index (χ1v) is 8.85. The summed E-state index contributed by atoms with van der Waals surface area (Å²) in [6, 6.07) is 0. The first-order valence-electron chi connectivity index (χ1n) is 8.85. The van der Waals surface area contributed by atoms with Crippen LogP contribution >= 0.6 is 0 Å². The van der Waals surface area contributed by atoms with Crippen molar-refractivity contribution in [1.82, 2.24) is 0 Å². The van der Waals surface area contributed by atoms with Gasteiger partial charge in [-0.05, 0) is 61.7 Å². The van der Waals surface area contributed by atoms with E-state index in [9.17, 15) is 9.90 Å². The molecule has 4 aliphatic carbocycles. The van der Waals surface area contributed by atoms with Crippen molar-refractivity contribution in [3.63, 3.8) is 0 Å². The topological polar surface area (TPSA) is 37.3 Å². The third-order valence-corrected chi connectivity index (χ3v) is 7.85. The zero-order chi connectivity index (χ0) is 14.8. The Labute approximate surface area is 128 Å². The lowest BCUT2D eigenvalue weighted by Crippen LogP contribution is -2.49. The summed E-state index contributed by atoms with van der Waals surface area (Å²) in [6.07, 6.45) is 10.7. The molecule has 3 saturated carbocycles. The standard InChI is InChI=1S/C19H28O2/c1-18-9-7-13(20)11-12(18)3-4-14-15-5-6-17(21)19(15,2)10-8-16(14)18/h4,12,15-17,21H,3,5-11H2,1-2H3/t12?,15-,16-,17?,18-,19-/m0/s1. The van der Waals surface area contributed by atoms with Crippen molar-refractivity contribution < 1.29 is 9.90 Å². The Morgan fingerprint density at radius 1 is 1.10 bits per heavy atom. The van der Waals surface area contributed by atoms with Gasteiger partial charge in [0.15, 0.2) is 0 Å². The van der Waals surface area contributed by atoms with Crippen LogP contribution in [0.5, 0.6) is 0 Å². The van der Waals surface area contributed by atoms with Crippen molar-refractivity contribution >= 4 is 5.78 Å². The molecule has 0 bridgehead atoms. The number of carbonyl (C=O) groups excluding carboxylic acids is 1. The minimum Gasteiger partial charge on any atom is -0.393 e. The highest BCUT2D eigenvalue weighted by molar-refractivity contribution is 5.79. The molecule has 0 amide bonds. The molecule has 6 atom stereocenters. The molecule has 0 aromatic heterocycles. The van der Waals surface area contributed by atoms with Crippen LogP contribution in [0, 0.1) is 28.6 Å². The Balaban J connectivity index is 1.70. The summed E-state index contributed by atoms with van der Waals surface area (Å²) in [6.45, 7) is 4.76. The number of allylic oxidation sites excluding steroid dienone is 2. The maximum atomic E-state index is 11.8. The fourth-order valence-corrected chi connectivity index (χ4v) is 6.28. The molecule has 0 radical (unpaired) electrons. The summed E-state index contributed by atoms with van der Waals surface area (Å²) < 4.78 is 0. The molecular formula is C19H28O2. The lowest BCUT2D eigenvalue weighted by Gasteiger charge is -2.56. The molecule has 3 fully saturated rings. The van der Waals surface area contributed by atoms with Gasteiger partial charge in [-0.25, -0.2) is 0 Å². The quantitative estimate of drug-likeness (QED) is 0.687. The van der Waals surface area contributed by atoms with Crippen LogP contribution < -0.4 is 0 Å². The average molecular weight is 288 g/mol. The highest BCUT2D eigenvalue weighted by Gasteiger charge is 2.57. The number of hydrogen-bond acceptors (Lipinski definition) is 2. The largest absolute Gasteiger partial charge is 0.393 e. The van der Waals surface area contributed by atoms with Crippen LogP contribution in [0.25, 0.3) is 0 Å². The first-order chi connectivity index (χ1) is 9.95. The van der Waals surface area contributed by atoms with E-state index in [4.69, 9.17) is 0 Å². The molecule has 0 heterocycles. The molecule has 116 valence electrons. The number of carbonyl (C=O) groups is 1. The van der Waals surface area contributed by atoms with E-state index < -0.39 is 0 Å². The third-order valence-electron chi connectivity index (χ3n) is 7.85. The predicted molar refractivity (Wildman–Crippen MR) is 82.7 cm³/mol. The van der Waals surface area contributed by atoms with Gasteiger partial charge in [0.1, 0.15) is 5.78 Å². The monoisotopic (exact) mass is 288 g/mol. The summed E-state index contributed by atoms with van der Waals surface area (Å²) in [5, 5.41) is 10.4. The summed E-state index contributed by atoms with van der Waals surface area (Å²) in [7, 11) is 0. The van der Waals surface area contributed by atoms with Gasteiger partial charge in [-0.3, -0.25) is 4.79 Å². The highest BCUT2D eigenvalue weighted by atomic mass is 16.3. The van der Waals surface area contributed by atoms with Crippen LogP contribution in [0.15, 0.2) is 11.6 Å². The van der Waals surface area contributed by atoms with Crippen molar-refractivity contribution in [1.29, 1.82) is 0 Å². The van der Waals surface area contributed by atoms with E-state index in [0.717, 1.165) is 38.5 Å². The van der Waals surface area contributed by atoms with E-state index in [1.807, 2.05) is 0 Å². The van der Waals surface area contributed by atoms with Crippen LogP contribution in [0.4, 0.5) is 0 Å². The number of aliphatic hydroxyl groups is 1. The molecule has 2 unspecified atom stereocenters. The van der Waals surface area contributed by atoms with Gasteiger partial charge in [0.25, 0.3) is 0 Å². The molecule has 2 heteroatoms. The van der Waals surface area contributed by atoms with Gasteiger partial charge in [0.05, 0.1) is 6.10 Å². The molecule has 2 nitrogen and oxygen atoms in total. The molecule has 21 heavy (non-hydrogen) atoms. The van der Waals surface area contributed by atoms with E-state index in [0.29, 0.717) is 29.0 Å². The Morgan fingerprint density at radius 2 is 1.86 bits per heavy atom. The van der Waals surface area contributed by atoms with E-state index in [1.165, 1.54) is 12.8 Å². The van der Waals surface area contributed by atoms with Crippen LogP contribution in [-0.4, -0.2) is 17.0 Å². The highest BCUT2D eigenvalue weighted by Crippen LogP contribution is 2.64. The molecular weight excluding hydrogens is 260 g/mol. The van der Waals surface area contributed by atoms with E-state index in [2.05, 4.69) is 19.9 Å². The van der Waals surface area contributed by atoms with Crippen molar-refractivity contribution in [2.75, 3.05) is 0 Å².